The standard InChI is InChI=1S/C16H19N3O/c1-11(17-9-14-10-18-19(3)12(14)2)16-8-13-6-4-5-7-15(13)20-16/h4-8,10-11,17H,9H2,1-3H3. The number of para-hydroxylation sites is 1. The Hall–Kier alpha value is -2.07. The lowest BCUT2D eigenvalue weighted by atomic mass is 10.2. The molecular weight excluding hydrogens is 250 g/mol. The Kier molecular flexibility index (Phi) is 3.32. The zero-order valence-corrected chi connectivity index (χ0v) is 12.1. The monoisotopic (exact) mass is 269 g/mol. The van der Waals surface area contributed by atoms with Crippen LogP contribution in [0.1, 0.15) is 30.0 Å². The molecule has 0 aliphatic rings. The summed E-state index contributed by atoms with van der Waals surface area (Å²) in [5, 5.41) is 8.89. The highest BCUT2D eigenvalue weighted by Crippen LogP contribution is 2.23. The molecule has 0 amide bonds. The van der Waals surface area contributed by atoms with Crippen LogP contribution in [0.4, 0.5) is 0 Å². The fourth-order valence-electron chi connectivity index (χ4n) is 2.30. The van der Waals surface area contributed by atoms with Crippen molar-refractivity contribution in [3.63, 3.8) is 0 Å². The molecule has 0 aliphatic carbocycles. The highest BCUT2D eigenvalue weighted by molar-refractivity contribution is 5.77. The Morgan fingerprint density at radius 3 is 2.85 bits per heavy atom. The average Bonchev–Trinajstić information content (AvgIpc) is 3.02. The summed E-state index contributed by atoms with van der Waals surface area (Å²) in [4.78, 5) is 0. The van der Waals surface area contributed by atoms with E-state index in [2.05, 4.69) is 36.4 Å². The molecule has 1 atom stereocenters. The summed E-state index contributed by atoms with van der Waals surface area (Å²) in [6, 6.07) is 10.4. The number of nitrogens with one attached hydrogen (secondary N) is 1. The lowest BCUT2D eigenvalue weighted by Gasteiger charge is -2.10. The van der Waals surface area contributed by atoms with E-state index in [4.69, 9.17) is 4.42 Å². The highest BCUT2D eigenvalue weighted by Gasteiger charge is 2.12. The predicted octanol–water partition coefficient (Wildman–Crippen LogP) is 3.33. The number of hydrogen-bond donors (Lipinski definition) is 1. The largest absolute Gasteiger partial charge is 0.459 e. The van der Waals surface area contributed by atoms with E-state index in [1.807, 2.05) is 36.1 Å². The van der Waals surface area contributed by atoms with E-state index in [0.29, 0.717) is 0 Å². The van der Waals surface area contributed by atoms with Crippen LogP contribution in [-0.2, 0) is 13.6 Å². The summed E-state index contributed by atoms with van der Waals surface area (Å²) < 4.78 is 7.76. The van der Waals surface area contributed by atoms with E-state index in [0.717, 1.165) is 23.3 Å². The second-order valence-electron chi connectivity index (χ2n) is 5.17. The van der Waals surface area contributed by atoms with E-state index in [1.54, 1.807) is 0 Å². The number of fused-ring (bicyclic) bond motifs is 1. The van der Waals surface area contributed by atoms with Crippen LogP contribution in [0.3, 0.4) is 0 Å². The van der Waals surface area contributed by atoms with Gasteiger partial charge in [0.25, 0.3) is 0 Å². The molecule has 3 aromatic rings. The minimum atomic E-state index is 0.169. The number of aryl methyl sites for hydroxylation is 1. The summed E-state index contributed by atoms with van der Waals surface area (Å²) in [6.07, 6.45) is 1.91. The van der Waals surface area contributed by atoms with Crippen LogP contribution in [0.5, 0.6) is 0 Å². The Morgan fingerprint density at radius 1 is 1.35 bits per heavy atom. The van der Waals surface area contributed by atoms with E-state index >= 15 is 0 Å². The number of rotatable bonds is 4. The molecule has 20 heavy (non-hydrogen) atoms. The minimum absolute atomic E-state index is 0.169. The molecule has 4 heteroatoms. The van der Waals surface area contributed by atoms with Crippen molar-refractivity contribution in [2.45, 2.75) is 26.4 Å². The third-order valence-corrected chi connectivity index (χ3v) is 3.81. The second-order valence-corrected chi connectivity index (χ2v) is 5.17. The van der Waals surface area contributed by atoms with Gasteiger partial charge in [-0.2, -0.15) is 5.10 Å². The molecule has 3 rings (SSSR count). The highest BCUT2D eigenvalue weighted by atomic mass is 16.3. The molecule has 104 valence electrons. The fraction of sp³-hybridized carbons (Fsp3) is 0.312. The summed E-state index contributed by atoms with van der Waals surface area (Å²) in [6.45, 7) is 4.98. The summed E-state index contributed by atoms with van der Waals surface area (Å²) >= 11 is 0. The first-order chi connectivity index (χ1) is 9.65. The summed E-state index contributed by atoms with van der Waals surface area (Å²) in [5.74, 6) is 0.966. The van der Waals surface area contributed by atoms with Crippen molar-refractivity contribution in [2.24, 2.45) is 7.05 Å². The normalized spacial score (nSPS) is 12.9. The second kappa shape index (κ2) is 5.13. The number of hydrogen-bond acceptors (Lipinski definition) is 3. The molecule has 2 aromatic heterocycles. The molecule has 0 saturated heterocycles. The van der Waals surface area contributed by atoms with Gasteiger partial charge in [0.1, 0.15) is 11.3 Å². The SMILES string of the molecule is Cc1c(CNC(C)c2cc3ccccc3o2)cnn1C. The summed E-state index contributed by atoms with van der Waals surface area (Å²) in [7, 11) is 1.96. The lowest BCUT2D eigenvalue weighted by Crippen LogP contribution is -2.17. The van der Waals surface area contributed by atoms with Crippen LogP contribution in [-0.4, -0.2) is 9.78 Å². The van der Waals surface area contributed by atoms with Gasteiger partial charge >= 0.3 is 0 Å². The molecule has 0 saturated carbocycles. The number of benzene rings is 1. The third-order valence-electron chi connectivity index (χ3n) is 3.81. The van der Waals surface area contributed by atoms with Gasteiger partial charge in [-0.15, -0.1) is 0 Å². The van der Waals surface area contributed by atoms with Crippen LogP contribution in [0.2, 0.25) is 0 Å². The van der Waals surface area contributed by atoms with Gasteiger partial charge in [-0.25, -0.2) is 0 Å². The Balaban J connectivity index is 1.72. The molecule has 0 aliphatic heterocycles. The van der Waals surface area contributed by atoms with Gasteiger partial charge in [0, 0.05) is 30.2 Å². The van der Waals surface area contributed by atoms with Gasteiger partial charge in [-0.3, -0.25) is 4.68 Å². The van der Waals surface area contributed by atoms with Gasteiger partial charge in [-0.05, 0) is 26.0 Å². The molecule has 0 radical (unpaired) electrons. The van der Waals surface area contributed by atoms with Gasteiger partial charge < -0.3 is 9.73 Å². The van der Waals surface area contributed by atoms with Crippen molar-refractivity contribution >= 4 is 11.0 Å². The smallest absolute Gasteiger partial charge is 0.134 e. The molecule has 0 spiro atoms. The van der Waals surface area contributed by atoms with Gasteiger partial charge in [0.2, 0.25) is 0 Å². The predicted molar refractivity (Wildman–Crippen MR) is 79.4 cm³/mol. The van der Waals surface area contributed by atoms with Crippen LogP contribution in [0.25, 0.3) is 11.0 Å². The van der Waals surface area contributed by atoms with Gasteiger partial charge in [0.15, 0.2) is 0 Å². The van der Waals surface area contributed by atoms with Crippen molar-refractivity contribution in [1.29, 1.82) is 0 Å². The van der Waals surface area contributed by atoms with Crippen molar-refractivity contribution in [3.8, 4) is 0 Å². The minimum Gasteiger partial charge on any atom is -0.459 e. The van der Waals surface area contributed by atoms with Crippen molar-refractivity contribution in [1.82, 2.24) is 15.1 Å². The van der Waals surface area contributed by atoms with Crippen LogP contribution < -0.4 is 5.32 Å². The summed E-state index contributed by atoms with van der Waals surface area (Å²) in [5.41, 5.74) is 3.35. The number of nitrogens with zero attached hydrogens (tertiary/aromatic N) is 2. The maximum atomic E-state index is 5.87. The van der Waals surface area contributed by atoms with Crippen LogP contribution in [0, 0.1) is 6.92 Å². The van der Waals surface area contributed by atoms with E-state index in [9.17, 15) is 0 Å². The topological polar surface area (TPSA) is 43.0 Å². The third kappa shape index (κ3) is 2.34. The van der Waals surface area contributed by atoms with E-state index in [1.165, 1.54) is 11.3 Å². The molecule has 1 aromatic carbocycles. The molecule has 4 nitrogen and oxygen atoms in total. The van der Waals surface area contributed by atoms with Gasteiger partial charge in [0.05, 0.1) is 12.2 Å². The first kappa shape index (κ1) is 12.9. The van der Waals surface area contributed by atoms with Crippen molar-refractivity contribution in [2.75, 3.05) is 0 Å². The maximum Gasteiger partial charge on any atom is 0.134 e. The molecule has 1 N–H and O–H groups in total. The first-order valence-electron chi connectivity index (χ1n) is 6.84. The molecule has 1 unspecified atom stereocenters. The molecule has 0 fully saturated rings. The van der Waals surface area contributed by atoms with E-state index < -0.39 is 0 Å². The molecule has 0 bridgehead atoms. The lowest BCUT2D eigenvalue weighted by molar-refractivity contribution is 0.450. The van der Waals surface area contributed by atoms with E-state index in [-0.39, 0.29) is 6.04 Å². The zero-order valence-electron chi connectivity index (χ0n) is 12.1. The Morgan fingerprint density at radius 2 is 2.15 bits per heavy atom. The van der Waals surface area contributed by atoms with Crippen LogP contribution >= 0.6 is 0 Å². The Labute approximate surface area is 118 Å². The van der Waals surface area contributed by atoms with Crippen molar-refractivity contribution < 1.29 is 4.42 Å². The number of aromatic nitrogens is 2. The van der Waals surface area contributed by atoms with Crippen LogP contribution in [0.15, 0.2) is 40.9 Å². The fourth-order valence-corrected chi connectivity index (χ4v) is 2.30. The quantitative estimate of drug-likeness (QED) is 0.790. The zero-order chi connectivity index (χ0) is 14.1. The average molecular weight is 269 g/mol. The molecular formula is C16H19N3O. The maximum absolute atomic E-state index is 5.87. The van der Waals surface area contributed by atoms with Crippen molar-refractivity contribution in [3.05, 3.63) is 53.5 Å². The van der Waals surface area contributed by atoms with Gasteiger partial charge in [-0.1, -0.05) is 18.2 Å². The Bertz CT molecular complexity index is 693. The number of furan rings is 1. The molecule has 2 heterocycles. The first-order valence-corrected chi connectivity index (χ1v) is 6.84.